The van der Waals surface area contributed by atoms with Gasteiger partial charge < -0.3 is 15.2 Å². The predicted molar refractivity (Wildman–Crippen MR) is 83.1 cm³/mol. The Labute approximate surface area is 127 Å². The second-order valence-electron chi connectivity index (χ2n) is 4.25. The van der Waals surface area contributed by atoms with E-state index in [0.717, 1.165) is 5.56 Å². The van der Waals surface area contributed by atoms with E-state index in [4.69, 9.17) is 15.2 Å². The Balaban J connectivity index is 2.04. The Hall–Kier alpha value is -3.09. The lowest BCUT2D eigenvalue weighted by Gasteiger charge is -2.09. The van der Waals surface area contributed by atoms with Gasteiger partial charge in [-0.2, -0.15) is 5.10 Å². The quantitative estimate of drug-likeness (QED) is 0.595. The number of aromatic nitrogens is 1. The van der Waals surface area contributed by atoms with Crippen LogP contribution in [0.3, 0.4) is 0 Å². The maximum atomic E-state index is 10.7. The lowest BCUT2D eigenvalue weighted by molar-refractivity contribution is -0.119. The summed E-state index contributed by atoms with van der Waals surface area (Å²) in [5.74, 6) is 1.03. The van der Waals surface area contributed by atoms with Gasteiger partial charge >= 0.3 is 0 Å². The SMILES string of the molecule is COc1cc(/C=N/Nc2ccccn2)ccc1OCC(N)=O. The van der Waals surface area contributed by atoms with Gasteiger partial charge in [-0.3, -0.25) is 10.2 Å². The van der Waals surface area contributed by atoms with E-state index >= 15 is 0 Å². The van der Waals surface area contributed by atoms with Crippen molar-refractivity contribution in [3.63, 3.8) is 0 Å². The first-order chi connectivity index (χ1) is 10.7. The van der Waals surface area contributed by atoms with Gasteiger partial charge in [0, 0.05) is 6.20 Å². The summed E-state index contributed by atoms with van der Waals surface area (Å²) < 4.78 is 10.5. The van der Waals surface area contributed by atoms with Crippen LogP contribution in [0.1, 0.15) is 5.56 Å². The van der Waals surface area contributed by atoms with Crippen molar-refractivity contribution in [2.24, 2.45) is 10.8 Å². The smallest absolute Gasteiger partial charge is 0.255 e. The first-order valence-corrected chi connectivity index (χ1v) is 6.48. The van der Waals surface area contributed by atoms with Crippen molar-refractivity contribution in [2.75, 3.05) is 19.1 Å². The lowest BCUT2D eigenvalue weighted by Crippen LogP contribution is -2.20. The topological polar surface area (TPSA) is 98.8 Å². The van der Waals surface area contributed by atoms with Crippen molar-refractivity contribution in [3.05, 3.63) is 48.2 Å². The molecule has 0 aliphatic carbocycles. The van der Waals surface area contributed by atoms with E-state index in [9.17, 15) is 4.79 Å². The van der Waals surface area contributed by atoms with Crippen LogP contribution in [0, 0.1) is 0 Å². The number of hydrazone groups is 1. The molecule has 22 heavy (non-hydrogen) atoms. The molecule has 7 heteroatoms. The van der Waals surface area contributed by atoms with Crippen molar-refractivity contribution >= 4 is 17.9 Å². The van der Waals surface area contributed by atoms with Gasteiger partial charge in [-0.05, 0) is 35.9 Å². The molecule has 0 atom stereocenters. The number of nitrogens with two attached hydrogens (primary N) is 1. The third-order valence-electron chi connectivity index (χ3n) is 2.62. The number of nitrogens with zero attached hydrogens (tertiary/aromatic N) is 2. The van der Waals surface area contributed by atoms with Crippen molar-refractivity contribution in [1.29, 1.82) is 0 Å². The number of amides is 1. The summed E-state index contributed by atoms with van der Waals surface area (Å²) in [7, 11) is 1.51. The first-order valence-electron chi connectivity index (χ1n) is 6.48. The molecule has 0 saturated carbocycles. The molecule has 114 valence electrons. The normalized spacial score (nSPS) is 10.4. The molecule has 1 aromatic carbocycles. The second kappa shape index (κ2) is 7.63. The maximum Gasteiger partial charge on any atom is 0.255 e. The molecule has 0 spiro atoms. The van der Waals surface area contributed by atoms with E-state index in [1.54, 1.807) is 36.7 Å². The number of hydrogen-bond donors (Lipinski definition) is 2. The molecule has 0 fully saturated rings. The monoisotopic (exact) mass is 300 g/mol. The van der Waals surface area contributed by atoms with Crippen molar-refractivity contribution in [2.45, 2.75) is 0 Å². The zero-order chi connectivity index (χ0) is 15.8. The zero-order valence-electron chi connectivity index (χ0n) is 12.0. The van der Waals surface area contributed by atoms with Crippen LogP contribution in [-0.4, -0.2) is 30.8 Å². The number of pyridine rings is 1. The lowest BCUT2D eigenvalue weighted by atomic mass is 10.2. The number of rotatable bonds is 7. The second-order valence-corrected chi connectivity index (χ2v) is 4.25. The molecule has 0 bridgehead atoms. The van der Waals surface area contributed by atoms with Gasteiger partial charge in [0.05, 0.1) is 13.3 Å². The van der Waals surface area contributed by atoms with Crippen LogP contribution in [0.5, 0.6) is 11.5 Å². The molecule has 2 rings (SSSR count). The molecule has 0 unspecified atom stereocenters. The van der Waals surface area contributed by atoms with Crippen LogP contribution in [0.2, 0.25) is 0 Å². The van der Waals surface area contributed by atoms with Crippen LogP contribution in [0.4, 0.5) is 5.82 Å². The van der Waals surface area contributed by atoms with Gasteiger partial charge in [0.25, 0.3) is 5.91 Å². The van der Waals surface area contributed by atoms with Crippen molar-refractivity contribution in [1.82, 2.24) is 4.98 Å². The van der Waals surface area contributed by atoms with Gasteiger partial charge in [0.1, 0.15) is 5.82 Å². The number of ether oxygens (including phenoxy) is 2. The van der Waals surface area contributed by atoms with E-state index in [0.29, 0.717) is 17.3 Å². The van der Waals surface area contributed by atoms with Gasteiger partial charge in [0.15, 0.2) is 18.1 Å². The number of methoxy groups -OCH3 is 1. The molecule has 3 N–H and O–H groups in total. The van der Waals surface area contributed by atoms with E-state index in [2.05, 4.69) is 15.5 Å². The highest BCUT2D eigenvalue weighted by Crippen LogP contribution is 2.27. The number of benzene rings is 1. The van der Waals surface area contributed by atoms with Gasteiger partial charge in [-0.15, -0.1) is 0 Å². The number of hydrogen-bond acceptors (Lipinski definition) is 6. The molecule has 1 aromatic heterocycles. The molecule has 1 heterocycles. The summed E-state index contributed by atoms with van der Waals surface area (Å²) >= 11 is 0. The summed E-state index contributed by atoms with van der Waals surface area (Å²) in [6.07, 6.45) is 3.29. The van der Waals surface area contributed by atoms with Gasteiger partial charge in [-0.25, -0.2) is 4.98 Å². The highest BCUT2D eigenvalue weighted by Gasteiger charge is 2.06. The van der Waals surface area contributed by atoms with E-state index in [1.165, 1.54) is 7.11 Å². The summed E-state index contributed by atoms with van der Waals surface area (Å²) in [6.45, 7) is -0.203. The Morgan fingerprint density at radius 2 is 2.23 bits per heavy atom. The van der Waals surface area contributed by atoms with E-state index < -0.39 is 5.91 Å². The van der Waals surface area contributed by atoms with Crippen molar-refractivity contribution in [3.8, 4) is 11.5 Å². The van der Waals surface area contributed by atoms with Crippen LogP contribution < -0.4 is 20.6 Å². The first kappa shape index (κ1) is 15.3. The number of carbonyl (C=O) groups is 1. The largest absolute Gasteiger partial charge is 0.493 e. The molecule has 2 aromatic rings. The molecule has 7 nitrogen and oxygen atoms in total. The Bertz CT molecular complexity index is 659. The molecular formula is C15H16N4O3. The highest BCUT2D eigenvalue weighted by molar-refractivity contribution is 5.81. The standard InChI is InChI=1S/C15H16N4O3/c1-21-13-8-11(5-6-12(13)22-10-14(16)20)9-18-19-15-4-2-3-7-17-15/h2-9H,10H2,1H3,(H2,16,20)(H,17,19)/b18-9+. The predicted octanol–water partition coefficient (Wildman–Crippen LogP) is 1.40. The van der Waals surface area contributed by atoms with Crippen LogP contribution in [0.15, 0.2) is 47.7 Å². The average molecular weight is 300 g/mol. The Kier molecular flexibility index (Phi) is 5.31. The van der Waals surface area contributed by atoms with Gasteiger partial charge in [-0.1, -0.05) is 6.07 Å². The molecule has 0 aliphatic rings. The Morgan fingerprint density at radius 3 is 2.91 bits per heavy atom. The van der Waals surface area contributed by atoms with Crippen LogP contribution in [-0.2, 0) is 4.79 Å². The number of primary amides is 1. The van der Waals surface area contributed by atoms with Crippen molar-refractivity contribution < 1.29 is 14.3 Å². The molecule has 0 radical (unpaired) electrons. The fourth-order valence-corrected chi connectivity index (χ4v) is 1.63. The van der Waals surface area contributed by atoms with E-state index in [-0.39, 0.29) is 6.61 Å². The minimum absolute atomic E-state index is 0.203. The molecule has 0 saturated heterocycles. The molecule has 1 amide bonds. The Morgan fingerprint density at radius 1 is 1.36 bits per heavy atom. The number of carbonyl (C=O) groups excluding carboxylic acids is 1. The molecule has 0 aliphatic heterocycles. The fourth-order valence-electron chi connectivity index (χ4n) is 1.63. The van der Waals surface area contributed by atoms with Crippen LogP contribution in [0.25, 0.3) is 0 Å². The number of nitrogens with one attached hydrogen (secondary N) is 1. The third-order valence-corrected chi connectivity index (χ3v) is 2.62. The van der Waals surface area contributed by atoms with Gasteiger partial charge in [0.2, 0.25) is 0 Å². The minimum atomic E-state index is -0.549. The fraction of sp³-hybridized carbons (Fsp3) is 0.133. The summed E-state index contributed by atoms with van der Waals surface area (Å²) in [4.78, 5) is 14.8. The molecular weight excluding hydrogens is 284 g/mol. The highest BCUT2D eigenvalue weighted by atomic mass is 16.5. The third kappa shape index (κ3) is 4.48. The summed E-state index contributed by atoms with van der Waals surface area (Å²) in [6, 6.07) is 10.7. The van der Waals surface area contributed by atoms with E-state index in [1.807, 2.05) is 12.1 Å². The summed E-state index contributed by atoms with van der Waals surface area (Å²) in [5.41, 5.74) is 8.65. The summed E-state index contributed by atoms with van der Waals surface area (Å²) in [5, 5.41) is 4.08. The van der Waals surface area contributed by atoms with Crippen LogP contribution >= 0.6 is 0 Å². The maximum absolute atomic E-state index is 10.7. The zero-order valence-corrected chi connectivity index (χ0v) is 12.0. The number of anilines is 1. The minimum Gasteiger partial charge on any atom is -0.493 e. The average Bonchev–Trinajstić information content (AvgIpc) is 2.54.